The predicted molar refractivity (Wildman–Crippen MR) is 120 cm³/mol. The Morgan fingerprint density at radius 1 is 1.42 bits per heavy atom. The number of aliphatic imine (C=N–C) groups is 1. The Kier molecular flexibility index (Phi) is 10.00. The van der Waals surface area contributed by atoms with Gasteiger partial charge in [-0.25, -0.2) is 0 Å². The van der Waals surface area contributed by atoms with E-state index in [1.807, 2.05) is 23.1 Å². The van der Waals surface area contributed by atoms with Crippen molar-refractivity contribution in [2.45, 2.75) is 38.5 Å². The number of thioether (sulfide) groups is 1. The lowest BCUT2D eigenvalue weighted by Gasteiger charge is -2.27. The number of hydrogen-bond donors (Lipinski definition) is 2. The van der Waals surface area contributed by atoms with Crippen molar-refractivity contribution in [2.24, 2.45) is 4.99 Å². The molecule has 0 radical (unpaired) electrons. The highest BCUT2D eigenvalue weighted by Gasteiger charge is 2.17. The van der Waals surface area contributed by atoms with E-state index in [4.69, 9.17) is 4.99 Å². The van der Waals surface area contributed by atoms with Crippen molar-refractivity contribution in [3.8, 4) is 0 Å². The zero-order valence-electron chi connectivity index (χ0n) is 15.2. The molecule has 2 N–H and O–H groups in total. The fourth-order valence-electron chi connectivity index (χ4n) is 2.51. The number of nitrogens with zero attached hydrogens (tertiary/aromatic N) is 2. The number of rotatable bonds is 7. The Bertz CT molecular complexity index is 516. The molecule has 0 aromatic carbocycles. The summed E-state index contributed by atoms with van der Waals surface area (Å²) in [4.78, 5) is 8.82. The third-order valence-electron chi connectivity index (χ3n) is 4.12. The summed E-state index contributed by atoms with van der Waals surface area (Å²) in [5.41, 5.74) is 1.52. The zero-order chi connectivity index (χ0) is 16.7. The van der Waals surface area contributed by atoms with Crippen LogP contribution >= 0.6 is 47.1 Å². The molecule has 0 unspecified atom stereocenters. The summed E-state index contributed by atoms with van der Waals surface area (Å²) in [6.45, 7) is 12.6. The quantitative estimate of drug-likeness (QED) is 0.355. The second kappa shape index (κ2) is 10.9. The standard InChI is InChI=1S/C17H30N4S2.HI/c1-5-18-16(20-13-17(2,3)22-4)19-8-10-21-9-6-15-14(12-21)7-11-23-15;/h7,11H,5-6,8-10,12-13H2,1-4H3,(H2,18,19,20);1H. The van der Waals surface area contributed by atoms with E-state index in [0.717, 1.165) is 38.7 Å². The van der Waals surface area contributed by atoms with E-state index in [1.165, 1.54) is 18.5 Å². The summed E-state index contributed by atoms with van der Waals surface area (Å²) in [7, 11) is 0. The van der Waals surface area contributed by atoms with E-state index >= 15 is 0 Å². The van der Waals surface area contributed by atoms with Crippen molar-refractivity contribution in [1.82, 2.24) is 15.5 Å². The van der Waals surface area contributed by atoms with Gasteiger partial charge in [0, 0.05) is 42.3 Å². The summed E-state index contributed by atoms with van der Waals surface area (Å²) in [5.74, 6) is 0.933. The minimum Gasteiger partial charge on any atom is -0.357 e. The Balaban J connectivity index is 0.00000288. The maximum atomic E-state index is 4.72. The second-order valence-electron chi connectivity index (χ2n) is 6.48. The Morgan fingerprint density at radius 3 is 2.92 bits per heavy atom. The van der Waals surface area contributed by atoms with Gasteiger partial charge in [0.25, 0.3) is 0 Å². The molecule has 0 bridgehead atoms. The summed E-state index contributed by atoms with van der Waals surface area (Å²) in [6.07, 6.45) is 3.34. The minimum absolute atomic E-state index is 0. The molecule has 0 aliphatic carbocycles. The summed E-state index contributed by atoms with van der Waals surface area (Å²) in [6, 6.07) is 2.27. The van der Waals surface area contributed by atoms with Crippen LogP contribution in [0.2, 0.25) is 0 Å². The second-order valence-corrected chi connectivity index (χ2v) is 9.00. The normalized spacial score (nSPS) is 15.6. The van der Waals surface area contributed by atoms with E-state index in [-0.39, 0.29) is 28.7 Å². The lowest BCUT2D eigenvalue weighted by molar-refractivity contribution is 0.260. The zero-order valence-corrected chi connectivity index (χ0v) is 19.2. The molecule has 0 saturated carbocycles. The van der Waals surface area contributed by atoms with Gasteiger partial charge in [0.05, 0.1) is 6.54 Å². The van der Waals surface area contributed by atoms with Gasteiger partial charge < -0.3 is 10.6 Å². The monoisotopic (exact) mass is 482 g/mol. The summed E-state index contributed by atoms with van der Waals surface area (Å²) in [5, 5.41) is 9.03. The van der Waals surface area contributed by atoms with Gasteiger partial charge in [0.15, 0.2) is 5.96 Å². The summed E-state index contributed by atoms with van der Waals surface area (Å²) < 4.78 is 0.185. The lowest BCUT2D eigenvalue weighted by Crippen LogP contribution is -2.43. The molecular formula is C17H31IN4S2. The number of halogens is 1. The fourth-order valence-corrected chi connectivity index (χ4v) is 3.59. The van der Waals surface area contributed by atoms with E-state index in [1.54, 1.807) is 4.88 Å². The maximum Gasteiger partial charge on any atom is 0.191 e. The van der Waals surface area contributed by atoms with Crippen molar-refractivity contribution in [1.29, 1.82) is 0 Å². The molecule has 2 heterocycles. The molecule has 1 aliphatic heterocycles. The predicted octanol–water partition coefficient (Wildman–Crippen LogP) is 3.42. The lowest BCUT2D eigenvalue weighted by atomic mass is 10.1. The van der Waals surface area contributed by atoms with Gasteiger partial charge in [0.2, 0.25) is 0 Å². The molecule has 1 aliphatic rings. The molecule has 7 heteroatoms. The Morgan fingerprint density at radius 2 is 2.21 bits per heavy atom. The molecule has 1 aromatic rings. The number of thiophene rings is 1. The first-order valence-electron chi connectivity index (χ1n) is 8.39. The minimum atomic E-state index is 0. The molecule has 0 saturated heterocycles. The highest BCUT2D eigenvalue weighted by Crippen LogP contribution is 2.23. The van der Waals surface area contributed by atoms with Gasteiger partial charge in [-0.15, -0.1) is 35.3 Å². The molecule has 0 fully saturated rings. The average molecular weight is 483 g/mol. The van der Waals surface area contributed by atoms with Crippen molar-refractivity contribution in [2.75, 3.05) is 39.0 Å². The first-order valence-corrected chi connectivity index (χ1v) is 10.5. The van der Waals surface area contributed by atoms with E-state index in [9.17, 15) is 0 Å². The van der Waals surface area contributed by atoms with Crippen LogP contribution in [0.3, 0.4) is 0 Å². The van der Waals surface area contributed by atoms with Crippen LogP contribution in [0.5, 0.6) is 0 Å². The molecule has 138 valence electrons. The van der Waals surface area contributed by atoms with Gasteiger partial charge in [-0.05, 0) is 50.5 Å². The molecule has 4 nitrogen and oxygen atoms in total. The average Bonchev–Trinajstić information content (AvgIpc) is 3.00. The molecule has 0 atom stereocenters. The molecular weight excluding hydrogens is 451 g/mol. The van der Waals surface area contributed by atoms with Crippen LogP contribution in [0.1, 0.15) is 31.2 Å². The van der Waals surface area contributed by atoms with Crippen LogP contribution in [-0.4, -0.2) is 54.6 Å². The van der Waals surface area contributed by atoms with E-state index < -0.39 is 0 Å². The maximum absolute atomic E-state index is 4.72. The van der Waals surface area contributed by atoms with Crippen LogP contribution < -0.4 is 10.6 Å². The van der Waals surface area contributed by atoms with Crippen LogP contribution in [-0.2, 0) is 13.0 Å². The van der Waals surface area contributed by atoms with Crippen molar-refractivity contribution in [3.63, 3.8) is 0 Å². The van der Waals surface area contributed by atoms with Crippen LogP contribution in [0.15, 0.2) is 16.4 Å². The van der Waals surface area contributed by atoms with Gasteiger partial charge in [-0.1, -0.05) is 0 Å². The molecule has 0 amide bonds. The first-order chi connectivity index (χ1) is 11.0. The van der Waals surface area contributed by atoms with E-state index in [0.29, 0.717) is 0 Å². The van der Waals surface area contributed by atoms with Gasteiger partial charge in [-0.2, -0.15) is 11.8 Å². The SMILES string of the molecule is CCNC(=NCC(C)(C)SC)NCCN1CCc2sccc2C1.I. The van der Waals surface area contributed by atoms with Gasteiger partial charge >= 0.3 is 0 Å². The van der Waals surface area contributed by atoms with E-state index in [2.05, 4.69) is 54.0 Å². The van der Waals surface area contributed by atoms with Gasteiger partial charge in [-0.3, -0.25) is 9.89 Å². The highest BCUT2D eigenvalue weighted by molar-refractivity contribution is 14.0. The molecule has 2 rings (SSSR count). The van der Waals surface area contributed by atoms with Crippen LogP contribution in [0.4, 0.5) is 0 Å². The van der Waals surface area contributed by atoms with Crippen molar-refractivity contribution >= 4 is 53.0 Å². The largest absolute Gasteiger partial charge is 0.357 e. The third kappa shape index (κ3) is 7.09. The van der Waals surface area contributed by atoms with Gasteiger partial charge in [0.1, 0.15) is 0 Å². The smallest absolute Gasteiger partial charge is 0.191 e. The topological polar surface area (TPSA) is 39.7 Å². The fraction of sp³-hybridized carbons (Fsp3) is 0.706. The highest BCUT2D eigenvalue weighted by atomic mass is 127. The summed E-state index contributed by atoms with van der Waals surface area (Å²) >= 11 is 3.76. The first kappa shape index (κ1) is 22.1. The van der Waals surface area contributed by atoms with Crippen LogP contribution in [0, 0.1) is 0 Å². The molecule has 24 heavy (non-hydrogen) atoms. The Hall–Kier alpha value is 0.01000. The molecule has 0 spiro atoms. The van der Waals surface area contributed by atoms with Crippen molar-refractivity contribution < 1.29 is 0 Å². The third-order valence-corrected chi connectivity index (χ3v) is 6.38. The van der Waals surface area contributed by atoms with Crippen LogP contribution in [0.25, 0.3) is 0 Å². The number of hydrogen-bond acceptors (Lipinski definition) is 4. The Labute approximate surface area is 172 Å². The van der Waals surface area contributed by atoms with Crippen molar-refractivity contribution in [3.05, 3.63) is 21.9 Å². The number of nitrogens with one attached hydrogen (secondary N) is 2. The molecule has 1 aromatic heterocycles. The number of guanidine groups is 1. The number of fused-ring (bicyclic) bond motifs is 1.